The van der Waals surface area contributed by atoms with E-state index >= 15 is 0 Å². The van der Waals surface area contributed by atoms with E-state index in [9.17, 15) is 0 Å². The average molecular weight is 152 g/mol. The zero-order chi connectivity index (χ0) is 8.36. The first kappa shape index (κ1) is 10.5. The van der Waals surface area contributed by atoms with Crippen LogP contribution in [0.2, 0.25) is 0 Å². The van der Waals surface area contributed by atoms with Gasteiger partial charge in [-0.15, -0.1) is 0 Å². The summed E-state index contributed by atoms with van der Waals surface area (Å²) < 4.78 is 0. The van der Waals surface area contributed by atoms with Gasteiger partial charge in [0.05, 0.1) is 0 Å². The lowest BCUT2D eigenvalue weighted by molar-refractivity contribution is 0.861. The minimum Gasteiger partial charge on any atom is -0.0888 e. The van der Waals surface area contributed by atoms with Gasteiger partial charge in [0.1, 0.15) is 0 Å². The Kier molecular flexibility index (Phi) is 9.03. The molecule has 0 spiro atoms. The number of hydrogen-bond acceptors (Lipinski definition) is 0. The molecule has 0 unspecified atom stereocenters. The van der Waals surface area contributed by atoms with Crippen LogP contribution in [0.4, 0.5) is 0 Å². The fraction of sp³-hybridized carbons (Fsp3) is 0.636. The predicted molar refractivity (Wildman–Crippen MR) is 52.7 cm³/mol. The van der Waals surface area contributed by atoms with Crippen molar-refractivity contribution in [3.05, 3.63) is 24.3 Å². The van der Waals surface area contributed by atoms with Crippen LogP contribution in [0.25, 0.3) is 0 Å². The van der Waals surface area contributed by atoms with Crippen molar-refractivity contribution in [3.63, 3.8) is 0 Å². The topological polar surface area (TPSA) is 0 Å². The fourth-order valence-corrected chi connectivity index (χ4v) is 0.923. The first-order chi connectivity index (χ1) is 5.41. The highest BCUT2D eigenvalue weighted by molar-refractivity contribution is 4.84. The molecule has 0 rings (SSSR count). The smallest absolute Gasteiger partial charge is 0.0348 e. The van der Waals surface area contributed by atoms with E-state index in [-0.39, 0.29) is 0 Å². The van der Waals surface area contributed by atoms with Crippen LogP contribution < -0.4 is 0 Å². The van der Waals surface area contributed by atoms with Gasteiger partial charge in [-0.3, -0.25) is 0 Å². The van der Waals surface area contributed by atoms with Gasteiger partial charge in [0.25, 0.3) is 0 Å². The molecular formula is C11H20. The van der Waals surface area contributed by atoms with Crippen LogP contribution in [0.1, 0.15) is 46.0 Å². The summed E-state index contributed by atoms with van der Waals surface area (Å²) in [6.07, 6.45) is 15.2. The quantitative estimate of drug-likeness (QED) is 0.397. The van der Waals surface area contributed by atoms with Gasteiger partial charge in [0.2, 0.25) is 0 Å². The van der Waals surface area contributed by atoms with Crippen LogP contribution in [0.15, 0.2) is 24.3 Å². The third-order valence-electron chi connectivity index (χ3n) is 1.55. The van der Waals surface area contributed by atoms with Crippen molar-refractivity contribution in [2.24, 2.45) is 0 Å². The van der Waals surface area contributed by atoms with Crippen molar-refractivity contribution in [1.82, 2.24) is 0 Å². The number of rotatable bonds is 6. The van der Waals surface area contributed by atoms with Gasteiger partial charge in [-0.25, -0.2) is 0 Å². The number of allylic oxidation sites excluding steroid dienone is 4. The van der Waals surface area contributed by atoms with E-state index in [4.69, 9.17) is 0 Å². The Morgan fingerprint density at radius 2 is 1.18 bits per heavy atom. The van der Waals surface area contributed by atoms with Crippen LogP contribution >= 0.6 is 0 Å². The lowest BCUT2D eigenvalue weighted by Crippen LogP contribution is -1.68. The van der Waals surface area contributed by atoms with Crippen LogP contribution in [0, 0.1) is 0 Å². The molecule has 0 saturated carbocycles. The van der Waals surface area contributed by atoms with Crippen LogP contribution in [-0.4, -0.2) is 0 Å². The average Bonchev–Trinajstić information content (AvgIpc) is 2.03. The molecule has 0 atom stereocenters. The summed E-state index contributed by atoms with van der Waals surface area (Å²) in [5, 5.41) is 0. The summed E-state index contributed by atoms with van der Waals surface area (Å²) >= 11 is 0. The van der Waals surface area contributed by atoms with Gasteiger partial charge in [-0.2, -0.15) is 0 Å². The van der Waals surface area contributed by atoms with Gasteiger partial charge in [0, 0.05) is 0 Å². The SMILES string of the molecule is CCC=CCCCC=CCC. The van der Waals surface area contributed by atoms with Gasteiger partial charge in [-0.1, -0.05) is 38.2 Å². The maximum atomic E-state index is 2.28. The van der Waals surface area contributed by atoms with Crippen molar-refractivity contribution >= 4 is 0 Å². The lowest BCUT2D eigenvalue weighted by Gasteiger charge is -1.88. The zero-order valence-electron chi connectivity index (χ0n) is 7.84. The molecule has 0 radical (unpaired) electrons. The molecule has 0 aromatic heterocycles. The van der Waals surface area contributed by atoms with Crippen molar-refractivity contribution in [1.29, 1.82) is 0 Å². The molecule has 0 aliphatic rings. The molecule has 64 valence electrons. The maximum Gasteiger partial charge on any atom is -0.0348 e. The molecule has 0 aromatic carbocycles. The van der Waals surface area contributed by atoms with Crippen molar-refractivity contribution < 1.29 is 0 Å². The van der Waals surface area contributed by atoms with E-state index < -0.39 is 0 Å². The van der Waals surface area contributed by atoms with E-state index in [2.05, 4.69) is 38.2 Å². The molecule has 0 saturated heterocycles. The molecule has 0 N–H and O–H groups in total. The van der Waals surface area contributed by atoms with E-state index in [0.29, 0.717) is 0 Å². The first-order valence-electron chi connectivity index (χ1n) is 4.71. The summed E-state index contributed by atoms with van der Waals surface area (Å²) in [6, 6.07) is 0. The second-order valence-corrected chi connectivity index (χ2v) is 2.69. The number of unbranched alkanes of at least 4 members (excludes halogenated alkanes) is 2. The standard InChI is InChI=1S/C11H20/c1-3-5-7-9-11-10-8-6-4-2/h5-8H,3-4,9-11H2,1-2H3. The molecule has 11 heavy (non-hydrogen) atoms. The number of hydrogen-bond donors (Lipinski definition) is 0. The minimum absolute atomic E-state index is 1.17. The molecule has 0 fully saturated rings. The minimum atomic E-state index is 1.17. The van der Waals surface area contributed by atoms with Crippen molar-refractivity contribution in [2.75, 3.05) is 0 Å². The molecule has 0 bridgehead atoms. The van der Waals surface area contributed by atoms with Crippen LogP contribution in [-0.2, 0) is 0 Å². The van der Waals surface area contributed by atoms with Gasteiger partial charge >= 0.3 is 0 Å². The molecule has 0 nitrogen and oxygen atoms in total. The second kappa shape index (κ2) is 9.48. The monoisotopic (exact) mass is 152 g/mol. The summed E-state index contributed by atoms with van der Waals surface area (Å²) in [7, 11) is 0. The Balaban J connectivity index is 3.02. The lowest BCUT2D eigenvalue weighted by atomic mass is 10.2. The van der Waals surface area contributed by atoms with Crippen LogP contribution in [0.5, 0.6) is 0 Å². The molecular weight excluding hydrogens is 132 g/mol. The molecule has 0 aliphatic carbocycles. The van der Waals surface area contributed by atoms with E-state index in [1.165, 1.54) is 32.1 Å². The van der Waals surface area contributed by atoms with E-state index in [1.807, 2.05) is 0 Å². The molecule has 0 heteroatoms. The third kappa shape index (κ3) is 9.48. The molecule has 0 amide bonds. The van der Waals surface area contributed by atoms with Crippen molar-refractivity contribution in [3.8, 4) is 0 Å². The Morgan fingerprint density at radius 3 is 1.55 bits per heavy atom. The maximum absolute atomic E-state index is 2.28. The highest BCUT2D eigenvalue weighted by Gasteiger charge is 1.78. The summed E-state index contributed by atoms with van der Waals surface area (Å²) in [6.45, 7) is 4.35. The Bertz CT molecular complexity index is 95.2. The Morgan fingerprint density at radius 1 is 0.727 bits per heavy atom. The fourth-order valence-electron chi connectivity index (χ4n) is 0.923. The highest BCUT2D eigenvalue weighted by Crippen LogP contribution is 1.98. The van der Waals surface area contributed by atoms with Crippen molar-refractivity contribution in [2.45, 2.75) is 46.0 Å². The highest BCUT2D eigenvalue weighted by atomic mass is 13.8. The van der Waals surface area contributed by atoms with Gasteiger partial charge < -0.3 is 0 Å². The molecule has 0 aromatic rings. The first-order valence-corrected chi connectivity index (χ1v) is 4.71. The summed E-state index contributed by atoms with van der Waals surface area (Å²) in [5.41, 5.74) is 0. The largest absolute Gasteiger partial charge is 0.0888 e. The van der Waals surface area contributed by atoms with E-state index in [1.54, 1.807) is 0 Å². The third-order valence-corrected chi connectivity index (χ3v) is 1.55. The summed E-state index contributed by atoms with van der Waals surface area (Å²) in [5.74, 6) is 0. The molecule has 0 aliphatic heterocycles. The van der Waals surface area contributed by atoms with Gasteiger partial charge in [-0.05, 0) is 32.1 Å². The molecule has 0 heterocycles. The van der Waals surface area contributed by atoms with E-state index in [0.717, 1.165) is 0 Å². The summed E-state index contributed by atoms with van der Waals surface area (Å²) in [4.78, 5) is 0. The second-order valence-electron chi connectivity index (χ2n) is 2.69. The normalized spacial score (nSPS) is 11.8. The van der Waals surface area contributed by atoms with Gasteiger partial charge in [0.15, 0.2) is 0 Å². The Hall–Kier alpha value is -0.520. The Labute approximate surface area is 71.0 Å². The van der Waals surface area contributed by atoms with Crippen LogP contribution in [0.3, 0.4) is 0 Å². The zero-order valence-corrected chi connectivity index (χ0v) is 7.84. The predicted octanol–water partition coefficient (Wildman–Crippen LogP) is 4.09.